The Labute approximate surface area is 105 Å². The average Bonchev–Trinajstić information content (AvgIpc) is 2.32. The fraction of sp³-hybridized carbons (Fsp3) is 0.917. The Hall–Kier alpha value is -0.420. The van der Waals surface area contributed by atoms with Crippen LogP contribution in [0, 0.1) is 5.92 Å². The SMILES string of the molecule is CC1CCNC(C(=O)NC2CCS(=O)CC2)C1. The summed E-state index contributed by atoms with van der Waals surface area (Å²) < 4.78 is 11.2. The van der Waals surface area contributed by atoms with Crippen molar-refractivity contribution in [2.24, 2.45) is 5.92 Å². The van der Waals surface area contributed by atoms with Crippen LogP contribution >= 0.6 is 0 Å². The summed E-state index contributed by atoms with van der Waals surface area (Å²) in [7, 11) is -0.653. The number of hydrogen-bond donors (Lipinski definition) is 2. The largest absolute Gasteiger partial charge is 0.352 e. The molecule has 0 aromatic carbocycles. The van der Waals surface area contributed by atoms with Crippen LogP contribution in [0.5, 0.6) is 0 Å². The van der Waals surface area contributed by atoms with E-state index in [9.17, 15) is 9.00 Å². The summed E-state index contributed by atoms with van der Waals surface area (Å²) in [5.41, 5.74) is 0. The molecule has 0 aromatic rings. The second-order valence-electron chi connectivity index (χ2n) is 5.27. The lowest BCUT2D eigenvalue weighted by molar-refractivity contribution is -0.124. The highest BCUT2D eigenvalue weighted by molar-refractivity contribution is 7.85. The van der Waals surface area contributed by atoms with Gasteiger partial charge < -0.3 is 10.6 Å². The predicted molar refractivity (Wildman–Crippen MR) is 69.2 cm³/mol. The minimum absolute atomic E-state index is 0.0221. The Bertz CT molecular complexity index is 299. The van der Waals surface area contributed by atoms with Gasteiger partial charge in [0, 0.05) is 28.3 Å². The molecule has 4 nitrogen and oxygen atoms in total. The molecular formula is C12H22N2O2S. The normalized spacial score (nSPS) is 38.6. The molecule has 2 fully saturated rings. The van der Waals surface area contributed by atoms with Crippen molar-refractivity contribution in [2.75, 3.05) is 18.1 Å². The van der Waals surface area contributed by atoms with E-state index in [1.54, 1.807) is 0 Å². The maximum Gasteiger partial charge on any atom is 0.237 e. The van der Waals surface area contributed by atoms with Crippen molar-refractivity contribution in [3.63, 3.8) is 0 Å². The number of rotatable bonds is 2. The molecule has 0 spiro atoms. The molecule has 0 bridgehead atoms. The number of piperidine rings is 1. The van der Waals surface area contributed by atoms with Gasteiger partial charge in [0.15, 0.2) is 0 Å². The zero-order chi connectivity index (χ0) is 12.3. The molecule has 2 rings (SSSR count). The topological polar surface area (TPSA) is 58.2 Å². The lowest BCUT2D eigenvalue weighted by Gasteiger charge is -2.30. The zero-order valence-electron chi connectivity index (χ0n) is 10.4. The molecule has 2 heterocycles. The standard InChI is InChI=1S/C12H22N2O2S/c1-9-2-5-13-11(8-9)12(15)14-10-3-6-17(16)7-4-10/h9-11,13H,2-8H2,1H3,(H,14,15). The van der Waals surface area contributed by atoms with Gasteiger partial charge in [-0.1, -0.05) is 6.92 Å². The Morgan fingerprint density at radius 2 is 2.00 bits per heavy atom. The van der Waals surface area contributed by atoms with Gasteiger partial charge in [0.05, 0.1) is 6.04 Å². The molecule has 0 aliphatic carbocycles. The van der Waals surface area contributed by atoms with E-state index in [4.69, 9.17) is 0 Å². The highest BCUT2D eigenvalue weighted by Gasteiger charge is 2.27. The molecule has 0 aromatic heterocycles. The molecule has 2 aliphatic rings. The Balaban J connectivity index is 1.78. The van der Waals surface area contributed by atoms with Gasteiger partial charge in [-0.15, -0.1) is 0 Å². The molecule has 5 heteroatoms. The van der Waals surface area contributed by atoms with Crippen molar-refractivity contribution >= 4 is 16.7 Å². The van der Waals surface area contributed by atoms with E-state index in [2.05, 4.69) is 17.6 Å². The second kappa shape index (κ2) is 5.96. The van der Waals surface area contributed by atoms with Crippen LogP contribution < -0.4 is 10.6 Å². The van der Waals surface area contributed by atoms with E-state index in [-0.39, 0.29) is 18.0 Å². The molecule has 98 valence electrons. The van der Waals surface area contributed by atoms with Crippen molar-refractivity contribution in [1.82, 2.24) is 10.6 Å². The number of carbonyl (C=O) groups is 1. The third kappa shape index (κ3) is 3.78. The fourth-order valence-electron chi connectivity index (χ4n) is 2.55. The first-order valence-corrected chi connectivity index (χ1v) is 8.02. The van der Waals surface area contributed by atoms with Crippen LogP contribution in [0.2, 0.25) is 0 Å². The highest BCUT2D eigenvalue weighted by atomic mass is 32.2. The zero-order valence-corrected chi connectivity index (χ0v) is 11.2. The maximum absolute atomic E-state index is 12.0. The molecule has 2 unspecified atom stereocenters. The monoisotopic (exact) mass is 258 g/mol. The molecule has 0 radical (unpaired) electrons. The van der Waals surface area contributed by atoms with Gasteiger partial charge >= 0.3 is 0 Å². The van der Waals surface area contributed by atoms with Crippen molar-refractivity contribution < 1.29 is 9.00 Å². The van der Waals surface area contributed by atoms with E-state index in [0.29, 0.717) is 5.92 Å². The number of hydrogen-bond acceptors (Lipinski definition) is 3. The smallest absolute Gasteiger partial charge is 0.237 e. The van der Waals surface area contributed by atoms with Gasteiger partial charge in [-0.3, -0.25) is 9.00 Å². The van der Waals surface area contributed by atoms with Gasteiger partial charge in [-0.2, -0.15) is 0 Å². The summed E-state index contributed by atoms with van der Waals surface area (Å²) in [4.78, 5) is 12.0. The van der Waals surface area contributed by atoms with Gasteiger partial charge in [0.1, 0.15) is 0 Å². The molecule has 1 amide bonds. The molecule has 2 saturated heterocycles. The maximum atomic E-state index is 12.0. The molecule has 2 N–H and O–H groups in total. The average molecular weight is 258 g/mol. The first-order valence-electron chi connectivity index (χ1n) is 6.54. The summed E-state index contributed by atoms with van der Waals surface area (Å²) in [5.74, 6) is 2.24. The summed E-state index contributed by atoms with van der Waals surface area (Å²) in [5, 5.41) is 6.37. The number of nitrogens with one attached hydrogen (secondary N) is 2. The highest BCUT2D eigenvalue weighted by Crippen LogP contribution is 2.16. The minimum atomic E-state index is -0.653. The molecule has 0 saturated carbocycles. The van der Waals surface area contributed by atoms with Crippen LogP contribution in [0.1, 0.15) is 32.6 Å². The minimum Gasteiger partial charge on any atom is -0.352 e. The lowest BCUT2D eigenvalue weighted by atomic mass is 9.93. The van der Waals surface area contributed by atoms with Gasteiger partial charge in [-0.05, 0) is 38.1 Å². The van der Waals surface area contributed by atoms with Crippen LogP contribution in [0.15, 0.2) is 0 Å². The third-order valence-corrected chi connectivity index (χ3v) is 5.10. The van der Waals surface area contributed by atoms with Crippen molar-refractivity contribution in [2.45, 2.75) is 44.7 Å². The predicted octanol–water partition coefficient (Wildman–Crippen LogP) is 0.402. The fourth-order valence-corrected chi connectivity index (χ4v) is 3.85. The lowest BCUT2D eigenvalue weighted by Crippen LogP contribution is -2.51. The van der Waals surface area contributed by atoms with E-state index < -0.39 is 10.8 Å². The van der Waals surface area contributed by atoms with Crippen LogP contribution in [0.25, 0.3) is 0 Å². The number of carbonyl (C=O) groups excluding carboxylic acids is 1. The quantitative estimate of drug-likeness (QED) is 0.754. The van der Waals surface area contributed by atoms with Gasteiger partial charge in [0.25, 0.3) is 0 Å². The Morgan fingerprint density at radius 3 is 2.65 bits per heavy atom. The van der Waals surface area contributed by atoms with Crippen LogP contribution in [-0.2, 0) is 15.6 Å². The van der Waals surface area contributed by atoms with Crippen LogP contribution in [0.3, 0.4) is 0 Å². The molecular weight excluding hydrogens is 236 g/mol. The van der Waals surface area contributed by atoms with Crippen molar-refractivity contribution in [3.05, 3.63) is 0 Å². The third-order valence-electron chi connectivity index (χ3n) is 3.72. The first-order chi connectivity index (χ1) is 8.15. The van der Waals surface area contributed by atoms with E-state index >= 15 is 0 Å². The Morgan fingerprint density at radius 1 is 1.29 bits per heavy atom. The van der Waals surface area contributed by atoms with Gasteiger partial charge in [0.2, 0.25) is 5.91 Å². The molecule has 2 aliphatic heterocycles. The first kappa shape index (κ1) is 13.0. The Kier molecular flexibility index (Phi) is 4.56. The second-order valence-corrected chi connectivity index (χ2v) is 6.96. The molecule has 17 heavy (non-hydrogen) atoms. The summed E-state index contributed by atoms with van der Waals surface area (Å²) in [6.45, 7) is 3.14. The van der Waals surface area contributed by atoms with Crippen molar-refractivity contribution in [1.29, 1.82) is 0 Å². The summed E-state index contributed by atoms with van der Waals surface area (Å²) in [6.07, 6.45) is 3.82. The number of amides is 1. The van der Waals surface area contributed by atoms with E-state index in [1.807, 2.05) is 0 Å². The molecule has 2 atom stereocenters. The summed E-state index contributed by atoms with van der Waals surface area (Å²) in [6, 6.07) is 0.213. The summed E-state index contributed by atoms with van der Waals surface area (Å²) >= 11 is 0. The van der Waals surface area contributed by atoms with Crippen molar-refractivity contribution in [3.8, 4) is 0 Å². The van der Waals surface area contributed by atoms with Gasteiger partial charge in [-0.25, -0.2) is 0 Å². The van der Waals surface area contributed by atoms with E-state index in [0.717, 1.165) is 43.7 Å². The van der Waals surface area contributed by atoms with Crippen LogP contribution in [-0.4, -0.2) is 40.3 Å². The van der Waals surface area contributed by atoms with E-state index in [1.165, 1.54) is 0 Å². The van der Waals surface area contributed by atoms with Crippen LogP contribution in [0.4, 0.5) is 0 Å².